The molecule has 0 saturated carbocycles. The quantitative estimate of drug-likeness (QED) is 0.711. The first kappa shape index (κ1) is 14.8. The third kappa shape index (κ3) is 4.75. The summed E-state index contributed by atoms with van der Waals surface area (Å²) < 4.78 is 5.77. The van der Waals surface area contributed by atoms with Crippen LogP contribution in [0.1, 0.15) is 32.1 Å². The number of ether oxygens (including phenoxy) is 1. The molecule has 2 aliphatic rings. The van der Waals surface area contributed by atoms with Crippen molar-refractivity contribution in [2.45, 2.75) is 38.2 Å². The van der Waals surface area contributed by atoms with Crippen LogP contribution < -0.4 is 5.73 Å². The van der Waals surface area contributed by atoms with Gasteiger partial charge in [0.15, 0.2) is 0 Å². The summed E-state index contributed by atoms with van der Waals surface area (Å²) in [5.41, 5.74) is 5.45. The van der Waals surface area contributed by atoms with E-state index in [0.29, 0.717) is 25.1 Å². The van der Waals surface area contributed by atoms with E-state index in [1.165, 1.54) is 12.8 Å². The largest absolute Gasteiger partial charge is 0.378 e. The van der Waals surface area contributed by atoms with Crippen LogP contribution >= 0.6 is 0 Å². The van der Waals surface area contributed by atoms with Crippen LogP contribution in [-0.2, 0) is 9.53 Å². The molecule has 0 unspecified atom stereocenters. The van der Waals surface area contributed by atoms with Crippen LogP contribution in [0.5, 0.6) is 0 Å². The van der Waals surface area contributed by atoms with E-state index >= 15 is 0 Å². The van der Waals surface area contributed by atoms with Crippen LogP contribution in [0.15, 0.2) is 0 Å². The predicted molar refractivity (Wildman–Crippen MR) is 74.9 cm³/mol. The van der Waals surface area contributed by atoms with Gasteiger partial charge in [-0.1, -0.05) is 0 Å². The lowest BCUT2D eigenvalue weighted by atomic mass is 10.1. The average Bonchev–Trinajstić information content (AvgIpc) is 2.95. The minimum atomic E-state index is 0.306. The van der Waals surface area contributed by atoms with E-state index in [1.54, 1.807) is 0 Å². The minimum Gasteiger partial charge on any atom is -0.378 e. The maximum atomic E-state index is 12.0. The highest BCUT2D eigenvalue weighted by Gasteiger charge is 2.24. The van der Waals surface area contributed by atoms with Crippen molar-refractivity contribution in [2.24, 2.45) is 5.73 Å². The summed E-state index contributed by atoms with van der Waals surface area (Å²) in [6, 6.07) is 0. The fraction of sp³-hybridized carbons (Fsp3) is 0.929. The lowest BCUT2D eigenvalue weighted by Crippen LogP contribution is -2.44. The Hall–Kier alpha value is -0.650. The van der Waals surface area contributed by atoms with Crippen LogP contribution in [0.4, 0.5) is 0 Å². The molecule has 2 heterocycles. The number of carbonyl (C=O) groups is 1. The summed E-state index contributed by atoms with van der Waals surface area (Å²) in [5, 5.41) is 0. The van der Waals surface area contributed by atoms with Crippen LogP contribution in [0.25, 0.3) is 0 Å². The summed E-state index contributed by atoms with van der Waals surface area (Å²) in [4.78, 5) is 16.3. The van der Waals surface area contributed by atoms with Gasteiger partial charge in [0, 0.05) is 32.8 Å². The highest BCUT2D eigenvalue weighted by molar-refractivity contribution is 5.78. The molecule has 0 aromatic rings. The van der Waals surface area contributed by atoms with Gasteiger partial charge in [0.25, 0.3) is 0 Å². The first-order chi connectivity index (χ1) is 9.29. The van der Waals surface area contributed by atoms with Crippen molar-refractivity contribution in [2.75, 3.05) is 45.9 Å². The minimum absolute atomic E-state index is 0.306. The van der Waals surface area contributed by atoms with Gasteiger partial charge in [0.1, 0.15) is 0 Å². The second-order valence-corrected chi connectivity index (χ2v) is 5.58. The number of nitrogens with zero attached hydrogens (tertiary/aromatic N) is 2. The lowest BCUT2D eigenvalue weighted by molar-refractivity contribution is -0.132. The Balaban J connectivity index is 1.61. The van der Waals surface area contributed by atoms with E-state index in [0.717, 1.165) is 52.0 Å². The van der Waals surface area contributed by atoms with Crippen LogP contribution in [0, 0.1) is 0 Å². The number of nitrogens with two attached hydrogens (primary N) is 1. The van der Waals surface area contributed by atoms with Gasteiger partial charge in [-0.3, -0.25) is 9.69 Å². The smallest absolute Gasteiger partial charge is 0.236 e. The van der Waals surface area contributed by atoms with Gasteiger partial charge >= 0.3 is 0 Å². The predicted octanol–water partition coefficient (Wildman–Crippen LogP) is 0.439. The van der Waals surface area contributed by atoms with Crippen molar-refractivity contribution in [1.82, 2.24) is 9.80 Å². The monoisotopic (exact) mass is 269 g/mol. The number of carbonyl (C=O) groups excluding carboxylic acids is 1. The Morgan fingerprint density at radius 2 is 1.84 bits per heavy atom. The summed E-state index contributed by atoms with van der Waals surface area (Å²) in [6.45, 7) is 5.93. The van der Waals surface area contributed by atoms with Crippen molar-refractivity contribution in [3.05, 3.63) is 0 Å². The zero-order chi connectivity index (χ0) is 13.5. The van der Waals surface area contributed by atoms with Crippen LogP contribution in [0.2, 0.25) is 0 Å². The van der Waals surface area contributed by atoms with E-state index in [2.05, 4.69) is 4.90 Å². The van der Waals surface area contributed by atoms with Crippen LogP contribution in [-0.4, -0.2) is 67.7 Å². The van der Waals surface area contributed by atoms with Crippen LogP contribution in [0.3, 0.4) is 0 Å². The average molecular weight is 269 g/mol. The molecule has 0 aromatic carbocycles. The number of amides is 1. The third-order valence-electron chi connectivity index (χ3n) is 4.05. The Bertz CT molecular complexity index is 272. The molecule has 2 N–H and O–H groups in total. The molecule has 2 rings (SSSR count). The zero-order valence-electron chi connectivity index (χ0n) is 11.9. The van der Waals surface area contributed by atoms with Crippen molar-refractivity contribution in [1.29, 1.82) is 0 Å². The number of piperidine rings is 1. The van der Waals surface area contributed by atoms with Gasteiger partial charge < -0.3 is 15.4 Å². The van der Waals surface area contributed by atoms with Gasteiger partial charge in [-0.25, -0.2) is 0 Å². The molecule has 110 valence electrons. The molecular formula is C14H27N3O2. The maximum Gasteiger partial charge on any atom is 0.236 e. The van der Waals surface area contributed by atoms with E-state index in [-0.39, 0.29) is 0 Å². The first-order valence-electron chi connectivity index (χ1n) is 7.61. The lowest BCUT2D eigenvalue weighted by Gasteiger charge is -2.32. The zero-order valence-corrected chi connectivity index (χ0v) is 11.9. The molecule has 0 aliphatic carbocycles. The molecule has 0 aromatic heterocycles. The van der Waals surface area contributed by atoms with E-state index in [1.807, 2.05) is 4.90 Å². The summed E-state index contributed by atoms with van der Waals surface area (Å²) in [7, 11) is 0. The Labute approximate surface area is 116 Å². The van der Waals surface area contributed by atoms with Gasteiger partial charge in [0.05, 0.1) is 12.6 Å². The third-order valence-corrected chi connectivity index (χ3v) is 4.05. The standard InChI is InChI=1S/C14H27N3O2/c15-6-3-11-19-13-4-9-16(10-5-13)12-14(18)17-7-1-2-8-17/h13H,1-12,15H2. The molecule has 2 aliphatic heterocycles. The maximum absolute atomic E-state index is 12.0. The second kappa shape index (κ2) is 7.82. The molecule has 19 heavy (non-hydrogen) atoms. The molecule has 5 nitrogen and oxygen atoms in total. The number of hydrogen-bond donors (Lipinski definition) is 1. The normalized spacial score (nSPS) is 22.1. The van der Waals surface area contributed by atoms with E-state index < -0.39 is 0 Å². The molecule has 5 heteroatoms. The van der Waals surface area contributed by atoms with Crippen molar-refractivity contribution in [3.8, 4) is 0 Å². The highest BCUT2D eigenvalue weighted by Crippen LogP contribution is 2.15. The van der Waals surface area contributed by atoms with Gasteiger partial charge in [-0.15, -0.1) is 0 Å². The molecule has 0 spiro atoms. The van der Waals surface area contributed by atoms with E-state index in [9.17, 15) is 4.79 Å². The Morgan fingerprint density at radius 1 is 1.16 bits per heavy atom. The van der Waals surface area contributed by atoms with Crippen molar-refractivity contribution in [3.63, 3.8) is 0 Å². The molecule has 0 radical (unpaired) electrons. The molecule has 2 saturated heterocycles. The summed E-state index contributed by atoms with van der Waals surface area (Å²) in [6.07, 6.45) is 5.72. The number of likely N-dealkylation sites (tertiary alicyclic amines) is 2. The Kier molecular flexibility index (Phi) is 6.07. The summed E-state index contributed by atoms with van der Waals surface area (Å²) >= 11 is 0. The molecular weight excluding hydrogens is 242 g/mol. The SMILES string of the molecule is NCCCOC1CCN(CC(=O)N2CCCC2)CC1. The van der Waals surface area contributed by atoms with E-state index in [4.69, 9.17) is 10.5 Å². The van der Waals surface area contributed by atoms with Gasteiger partial charge in [-0.05, 0) is 38.6 Å². The van der Waals surface area contributed by atoms with Crippen molar-refractivity contribution < 1.29 is 9.53 Å². The fourth-order valence-electron chi connectivity index (χ4n) is 2.83. The molecule has 2 fully saturated rings. The molecule has 0 bridgehead atoms. The fourth-order valence-corrected chi connectivity index (χ4v) is 2.83. The number of rotatable bonds is 6. The molecule has 0 atom stereocenters. The molecule has 1 amide bonds. The van der Waals surface area contributed by atoms with Gasteiger partial charge in [-0.2, -0.15) is 0 Å². The van der Waals surface area contributed by atoms with Gasteiger partial charge in [0.2, 0.25) is 5.91 Å². The Morgan fingerprint density at radius 3 is 2.47 bits per heavy atom. The topological polar surface area (TPSA) is 58.8 Å². The number of hydrogen-bond acceptors (Lipinski definition) is 4. The summed E-state index contributed by atoms with van der Waals surface area (Å²) in [5.74, 6) is 0.306. The highest BCUT2D eigenvalue weighted by atomic mass is 16.5. The second-order valence-electron chi connectivity index (χ2n) is 5.58. The van der Waals surface area contributed by atoms with Crippen molar-refractivity contribution >= 4 is 5.91 Å². The first-order valence-corrected chi connectivity index (χ1v) is 7.61.